The molecule has 0 aliphatic carbocycles. The summed E-state index contributed by atoms with van der Waals surface area (Å²) < 4.78 is 1.54. The zero-order chi connectivity index (χ0) is 12.1. The smallest absolute Gasteiger partial charge is 0.182 e. The summed E-state index contributed by atoms with van der Waals surface area (Å²) in [7, 11) is 0. The van der Waals surface area contributed by atoms with Crippen molar-refractivity contribution in [3.8, 4) is 11.4 Å². The first kappa shape index (κ1) is 11.7. The third-order valence-electron chi connectivity index (χ3n) is 2.41. The minimum Gasteiger partial charge on any atom is -0.396 e. The molecule has 0 fully saturated rings. The molecule has 0 aliphatic rings. The molecular formula is C11H14N4O2. The number of benzene rings is 1. The fourth-order valence-corrected chi connectivity index (χ4v) is 1.56. The van der Waals surface area contributed by atoms with Gasteiger partial charge < -0.3 is 10.2 Å². The van der Waals surface area contributed by atoms with Crippen molar-refractivity contribution in [2.24, 2.45) is 0 Å². The Morgan fingerprint density at radius 1 is 1.24 bits per heavy atom. The Labute approximate surface area is 98.5 Å². The van der Waals surface area contributed by atoms with Gasteiger partial charge in [0.25, 0.3) is 0 Å². The van der Waals surface area contributed by atoms with Gasteiger partial charge in [-0.25, -0.2) is 4.68 Å². The monoisotopic (exact) mass is 234 g/mol. The number of aliphatic hydroxyl groups is 2. The predicted molar refractivity (Wildman–Crippen MR) is 61.0 cm³/mol. The molecule has 1 unspecified atom stereocenters. The Kier molecular flexibility index (Phi) is 3.79. The second-order valence-electron chi connectivity index (χ2n) is 3.72. The molecule has 6 heteroatoms. The van der Waals surface area contributed by atoms with Crippen molar-refractivity contribution in [3.05, 3.63) is 30.3 Å². The highest BCUT2D eigenvalue weighted by Crippen LogP contribution is 2.15. The van der Waals surface area contributed by atoms with Crippen LogP contribution < -0.4 is 0 Å². The van der Waals surface area contributed by atoms with E-state index >= 15 is 0 Å². The average molecular weight is 234 g/mol. The minimum atomic E-state index is -0.647. The van der Waals surface area contributed by atoms with E-state index in [4.69, 9.17) is 5.11 Å². The van der Waals surface area contributed by atoms with E-state index in [1.165, 1.54) is 4.68 Å². The van der Waals surface area contributed by atoms with Gasteiger partial charge in [0.2, 0.25) is 0 Å². The van der Waals surface area contributed by atoms with E-state index in [0.717, 1.165) is 5.56 Å². The van der Waals surface area contributed by atoms with Gasteiger partial charge >= 0.3 is 0 Å². The summed E-state index contributed by atoms with van der Waals surface area (Å²) in [6, 6.07) is 9.52. The summed E-state index contributed by atoms with van der Waals surface area (Å²) in [4.78, 5) is 0. The van der Waals surface area contributed by atoms with Crippen molar-refractivity contribution in [2.75, 3.05) is 6.61 Å². The third-order valence-corrected chi connectivity index (χ3v) is 2.41. The second-order valence-corrected chi connectivity index (χ2v) is 3.72. The first-order valence-electron chi connectivity index (χ1n) is 5.42. The van der Waals surface area contributed by atoms with Crippen LogP contribution in [-0.4, -0.2) is 43.1 Å². The molecule has 0 saturated heterocycles. The van der Waals surface area contributed by atoms with Gasteiger partial charge in [0.05, 0.1) is 12.6 Å². The fraction of sp³-hybridized carbons (Fsp3) is 0.364. The molecule has 0 spiro atoms. The van der Waals surface area contributed by atoms with Crippen LogP contribution in [0.4, 0.5) is 0 Å². The van der Waals surface area contributed by atoms with Gasteiger partial charge in [-0.15, -0.1) is 5.10 Å². The highest BCUT2D eigenvalue weighted by Gasteiger charge is 2.12. The van der Waals surface area contributed by atoms with E-state index in [0.29, 0.717) is 12.2 Å². The number of nitrogens with zero attached hydrogens (tertiary/aromatic N) is 4. The highest BCUT2D eigenvalue weighted by atomic mass is 16.3. The van der Waals surface area contributed by atoms with E-state index in [9.17, 15) is 5.11 Å². The fourth-order valence-electron chi connectivity index (χ4n) is 1.56. The van der Waals surface area contributed by atoms with Gasteiger partial charge in [-0.1, -0.05) is 30.3 Å². The molecule has 6 nitrogen and oxygen atoms in total. The Balaban J connectivity index is 2.18. The molecule has 1 heterocycles. The van der Waals surface area contributed by atoms with E-state index in [1.54, 1.807) is 0 Å². The third kappa shape index (κ3) is 2.86. The van der Waals surface area contributed by atoms with Crippen LogP contribution in [0.3, 0.4) is 0 Å². The van der Waals surface area contributed by atoms with Crippen LogP contribution in [0.5, 0.6) is 0 Å². The van der Waals surface area contributed by atoms with Crippen LogP contribution in [-0.2, 0) is 6.54 Å². The molecule has 0 bridgehead atoms. The topological polar surface area (TPSA) is 84.1 Å². The molecular weight excluding hydrogens is 220 g/mol. The molecule has 0 aliphatic heterocycles. The average Bonchev–Trinajstić information content (AvgIpc) is 2.78. The maximum atomic E-state index is 9.62. The Bertz CT molecular complexity index is 458. The van der Waals surface area contributed by atoms with Gasteiger partial charge in [-0.2, -0.15) is 0 Å². The number of aliphatic hydroxyl groups excluding tert-OH is 2. The summed E-state index contributed by atoms with van der Waals surface area (Å²) in [6.45, 7) is 0.224. The summed E-state index contributed by atoms with van der Waals surface area (Å²) in [6.07, 6.45) is -0.334. The quantitative estimate of drug-likeness (QED) is 0.765. The lowest BCUT2D eigenvalue weighted by Crippen LogP contribution is -2.19. The summed E-state index contributed by atoms with van der Waals surface area (Å²) in [5.41, 5.74) is 0.897. The van der Waals surface area contributed by atoms with Crippen molar-refractivity contribution in [3.63, 3.8) is 0 Å². The van der Waals surface area contributed by atoms with Crippen molar-refractivity contribution in [1.29, 1.82) is 0 Å². The summed E-state index contributed by atoms with van der Waals surface area (Å²) in [5, 5.41) is 29.7. The summed E-state index contributed by atoms with van der Waals surface area (Å²) in [5.74, 6) is 0.614. The minimum absolute atomic E-state index is 0.0516. The van der Waals surface area contributed by atoms with Gasteiger partial charge in [-0.05, 0) is 16.8 Å². The predicted octanol–water partition coefficient (Wildman–Crippen LogP) is 0.0834. The molecule has 0 radical (unpaired) electrons. The van der Waals surface area contributed by atoms with Gasteiger partial charge in [0, 0.05) is 12.2 Å². The zero-order valence-corrected chi connectivity index (χ0v) is 9.27. The number of tetrazole rings is 1. The molecule has 0 saturated carbocycles. The van der Waals surface area contributed by atoms with Crippen LogP contribution >= 0.6 is 0 Å². The lowest BCUT2D eigenvalue weighted by molar-refractivity contribution is 0.113. The standard InChI is InChI=1S/C11H14N4O2/c16-7-6-10(17)8-15-11(12-13-14-15)9-4-2-1-3-5-9/h1-5,10,16-17H,6-8H2. The van der Waals surface area contributed by atoms with Gasteiger partial charge in [-0.3, -0.25) is 0 Å². The van der Waals surface area contributed by atoms with E-state index in [-0.39, 0.29) is 13.2 Å². The van der Waals surface area contributed by atoms with E-state index < -0.39 is 6.10 Å². The molecule has 90 valence electrons. The zero-order valence-electron chi connectivity index (χ0n) is 9.27. The lowest BCUT2D eigenvalue weighted by atomic mass is 10.2. The van der Waals surface area contributed by atoms with Gasteiger partial charge in [0.15, 0.2) is 5.82 Å². The molecule has 2 rings (SSSR count). The Hall–Kier alpha value is -1.79. The number of hydrogen-bond donors (Lipinski definition) is 2. The van der Waals surface area contributed by atoms with Crippen molar-refractivity contribution >= 4 is 0 Å². The molecule has 17 heavy (non-hydrogen) atoms. The maximum Gasteiger partial charge on any atom is 0.182 e. The SMILES string of the molecule is OCCC(O)Cn1nnnc1-c1ccccc1. The van der Waals surface area contributed by atoms with Crippen molar-refractivity contribution in [1.82, 2.24) is 20.2 Å². The van der Waals surface area contributed by atoms with Crippen molar-refractivity contribution in [2.45, 2.75) is 19.1 Å². The molecule has 1 atom stereocenters. The molecule has 2 N–H and O–H groups in total. The van der Waals surface area contributed by atoms with Gasteiger partial charge in [0.1, 0.15) is 0 Å². The molecule has 0 amide bonds. The lowest BCUT2D eigenvalue weighted by Gasteiger charge is -2.09. The highest BCUT2D eigenvalue weighted by molar-refractivity contribution is 5.53. The molecule has 1 aromatic carbocycles. The second kappa shape index (κ2) is 5.51. The normalized spacial score (nSPS) is 12.6. The largest absolute Gasteiger partial charge is 0.396 e. The van der Waals surface area contributed by atoms with E-state index in [1.807, 2.05) is 30.3 Å². The molecule has 1 aromatic heterocycles. The van der Waals surface area contributed by atoms with Crippen LogP contribution in [0.25, 0.3) is 11.4 Å². The number of rotatable bonds is 5. The van der Waals surface area contributed by atoms with Crippen LogP contribution in [0.15, 0.2) is 30.3 Å². The van der Waals surface area contributed by atoms with Crippen LogP contribution in [0.2, 0.25) is 0 Å². The van der Waals surface area contributed by atoms with E-state index in [2.05, 4.69) is 15.5 Å². The first-order chi connectivity index (χ1) is 8.31. The maximum absolute atomic E-state index is 9.62. The van der Waals surface area contributed by atoms with Crippen LogP contribution in [0.1, 0.15) is 6.42 Å². The Morgan fingerprint density at radius 2 is 2.00 bits per heavy atom. The Morgan fingerprint density at radius 3 is 2.71 bits per heavy atom. The number of hydrogen-bond acceptors (Lipinski definition) is 5. The first-order valence-corrected chi connectivity index (χ1v) is 5.42. The molecule has 2 aromatic rings. The number of aromatic nitrogens is 4. The van der Waals surface area contributed by atoms with Crippen molar-refractivity contribution < 1.29 is 10.2 Å². The van der Waals surface area contributed by atoms with Crippen LogP contribution in [0, 0.1) is 0 Å². The summed E-state index contributed by atoms with van der Waals surface area (Å²) >= 11 is 0.